The summed E-state index contributed by atoms with van der Waals surface area (Å²) in [7, 11) is 0. The zero-order valence-electron chi connectivity index (χ0n) is 8.29. The molecule has 1 aliphatic rings. The van der Waals surface area contributed by atoms with Gasteiger partial charge >= 0.3 is 0 Å². The van der Waals surface area contributed by atoms with Crippen LogP contribution in [-0.4, -0.2) is 24.8 Å². The van der Waals surface area contributed by atoms with Crippen LogP contribution in [0.3, 0.4) is 0 Å². The zero-order valence-corrected chi connectivity index (χ0v) is 9.87. The van der Waals surface area contributed by atoms with Crippen molar-refractivity contribution in [2.24, 2.45) is 5.92 Å². The number of aliphatic hydroxyl groups is 1. The van der Waals surface area contributed by atoms with E-state index in [0.29, 0.717) is 5.92 Å². The Bertz CT molecular complexity index is 358. The first-order chi connectivity index (χ1) is 7.20. The molecular formula is C11H13BrFNO. The first-order valence-corrected chi connectivity index (χ1v) is 5.81. The van der Waals surface area contributed by atoms with Gasteiger partial charge in [0.2, 0.25) is 0 Å². The molecule has 1 aliphatic heterocycles. The van der Waals surface area contributed by atoms with Gasteiger partial charge in [-0.2, -0.15) is 0 Å². The molecule has 1 saturated heterocycles. The quantitative estimate of drug-likeness (QED) is 0.895. The lowest BCUT2D eigenvalue weighted by molar-refractivity contribution is 0.238. The molecule has 4 heteroatoms. The first kappa shape index (κ1) is 10.9. The van der Waals surface area contributed by atoms with Crippen molar-refractivity contribution in [1.82, 2.24) is 0 Å². The number of rotatable bonds is 2. The van der Waals surface area contributed by atoms with Crippen molar-refractivity contribution >= 4 is 21.6 Å². The van der Waals surface area contributed by atoms with E-state index < -0.39 is 0 Å². The van der Waals surface area contributed by atoms with E-state index in [9.17, 15) is 4.39 Å². The number of hydrogen-bond donors (Lipinski definition) is 1. The third kappa shape index (κ3) is 2.32. The summed E-state index contributed by atoms with van der Waals surface area (Å²) in [6, 6.07) is 4.69. The van der Waals surface area contributed by atoms with Gasteiger partial charge in [0, 0.05) is 30.1 Å². The van der Waals surface area contributed by atoms with Gasteiger partial charge in [0.1, 0.15) is 5.82 Å². The molecule has 1 N–H and O–H groups in total. The minimum atomic E-state index is -0.222. The molecule has 1 heterocycles. The second-order valence-electron chi connectivity index (χ2n) is 3.88. The summed E-state index contributed by atoms with van der Waals surface area (Å²) in [4.78, 5) is 2.11. The van der Waals surface area contributed by atoms with E-state index in [1.165, 1.54) is 12.1 Å². The Balaban J connectivity index is 2.19. The first-order valence-electron chi connectivity index (χ1n) is 5.01. The van der Waals surface area contributed by atoms with E-state index in [1.807, 2.05) is 0 Å². The van der Waals surface area contributed by atoms with Crippen molar-refractivity contribution < 1.29 is 9.50 Å². The second-order valence-corrected chi connectivity index (χ2v) is 4.73. The van der Waals surface area contributed by atoms with Gasteiger partial charge in [0.05, 0.1) is 5.69 Å². The molecule has 1 fully saturated rings. The predicted molar refractivity (Wildman–Crippen MR) is 61.5 cm³/mol. The van der Waals surface area contributed by atoms with Gasteiger partial charge < -0.3 is 10.0 Å². The van der Waals surface area contributed by atoms with Crippen LogP contribution in [0.25, 0.3) is 0 Å². The van der Waals surface area contributed by atoms with Crippen LogP contribution in [0.5, 0.6) is 0 Å². The molecular weight excluding hydrogens is 261 g/mol. The highest BCUT2D eigenvalue weighted by molar-refractivity contribution is 9.10. The number of halogens is 2. The molecule has 1 aromatic carbocycles. The van der Waals surface area contributed by atoms with Crippen molar-refractivity contribution in [2.75, 3.05) is 24.6 Å². The molecule has 1 aromatic rings. The van der Waals surface area contributed by atoms with Gasteiger partial charge in [-0.25, -0.2) is 4.39 Å². The van der Waals surface area contributed by atoms with Crippen LogP contribution in [0.2, 0.25) is 0 Å². The minimum Gasteiger partial charge on any atom is -0.396 e. The topological polar surface area (TPSA) is 23.5 Å². The number of nitrogens with zero attached hydrogens (tertiary/aromatic N) is 1. The molecule has 0 spiro atoms. The highest BCUT2D eigenvalue weighted by Gasteiger charge is 2.23. The van der Waals surface area contributed by atoms with E-state index in [1.54, 1.807) is 6.07 Å². The summed E-state index contributed by atoms with van der Waals surface area (Å²) >= 11 is 3.41. The Morgan fingerprint density at radius 3 is 3.00 bits per heavy atom. The monoisotopic (exact) mass is 273 g/mol. The lowest BCUT2D eigenvalue weighted by Crippen LogP contribution is -2.21. The summed E-state index contributed by atoms with van der Waals surface area (Å²) < 4.78 is 14.0. The van der Waals surface area contributed by atoms with Crippen molar-refractivity contribution in [3.05, 3.63) is 28.5 Å². The average Bonchev–Trinajstić information content (AvgIpc) is 2.70. The zero-order chi connectivity index (χ0) is 10.8. The van der Waals surface area contributed by atoms with E-state index >= 15 is 0 Å². The standard InChI is InChI=1S/C11H13BrFNO/c12-10-2-1-9(13)5-11(10)14-4-3-8(6-14)7-15/h1-2,5,8,15H,3-4,6-7H2. The van der Waals surface area contributed by atoms with Crippen molar-refractivity contribution in [3.63, 3.8) is 0 Å². The molecule has 0 aliphatic carbocycles. The molecule has 15 heavy (non-hydrogen) atoms. The Kier molecular flexibility index (Phi) is 3.26. The molecule has 82 valence electrons. The SMILES string of the molecule is OCC1CCN(c2cc(F)ccc2Br)C1. The fraction of sp³-hybridized carbons (Fsp3) is 0.455. The summed E-state index contributed by atoms with van der Waals surface area (Å²) in [6.07, 6.45) is 0.972. The van der Waals surface area contributed by atoms with Gasteiger partial charge in [-0.1, -0.05) is 0 Å². The summed E-state index contributed by atoms with van der Waals surface area (Å²) in [5, 5.41) is 9.04. The Labute approximate surface area is 96.8 Å². The highest BCUT2D eigenvalue weighted by atomic mass is 79.9. The van der Waals surface area contributed by atoms with Crippen LogP contribution in [0.15, 0.2) is 22.7 Å². The fourth-order valence-corrected chi connectivity index (χ4v) is 2.43. The number of anilines is 1. The minimum absolute atomic E-state index is 0.212. The van der Waals surface area contributed by atoms with Gasteiger partial charge in [-0.3, -0.25) is 0 Å². The molecule has 0 saturated carbocycles. The maximum absolute atomic E-state index is 13.1. The van der Waals surface area contributed by atoms with Crippen LogP contribution < -0.4 is 4.90 Å². The maximum atomic E-state index is 13.1. The highest BCUT2D eigenvalue weighted by Crippen LogP contribution is 2.31. The third-order valence-corrected chi connectivity index (χ3v) is 3.46. The molecule has 1 unspecified atom stereocenters. The van der Waals surface area contributed by atoms with Crippen LogP contribution in [0.1, 0.15) is 6.42 Å². The van der Waals surface area contributed by atoms with E-state index in [2.05, 4.69) is 20.8 Å². The average molecular weight is 274 g/mol. The fourth-order valence-electron chi connectivity index (χ4n) is 1.93. The van der Waals surface area contributed by atoms with Gasteiger partial charge in [0.15, 0.2) is 0 Å². The summed E-state index contributed by atoms with van der Waals surface area (Å²) in [6.45, 7) is 1.90. The molecule has 0 aromatic heterocycles. The normalized spacial score (nSPS) is 21.0. The summed E-state index contributed by atoms with van der Waals surface area (Å²) in [5.41, 5.74) is 0.881. The Hall–Kier alpha value is -0.610. The lowest BCUT2D eigenvalue weighted by atomic mass is 10.1. The number of benzene rings is 1. The van der Waals surface area contributed by atoms with E-state index in [-0.39, 0.29) is 12.4 Å². The Morgan fingerprint density at radius 1 is 1.53 bits per heavy atom. The third-order valence-electron chi connectivity index (χ3n) is 2.79. The number of hydrogen-bond acceptors (Lipinski definition) is 2. The molecule has 0 bridgehead atoms. The number of aliphatic hydroxyl groups excluding tert-OH is 1. The summed E-state index contributed by atoms with van der Waals surface area (Å²) in [5.74, 6) is 0.0980. The van der Waals surface area contributed by atoms with Crippen molar-refractivity contribution in [2.45, 2.75) is 6.42 Å². The Morgan fingerprint density at radius 2 is 2.33 bits per heavy atom. The molecule has 0 radical (unpaired) electrons. The van der Waals surface area contributed by atoms with Crippen molar-refractivity contribution in [1.29, 1.82) is 0 Å². The van der Waals surface area contributed by atoms with Crippen LogP contribution >= 0.6 is 15.9 Å². The molecule has 2 rings (SSSR count). The van der Waals surface area contributed by atoms with Crippen LogP contribution in [0, 0.1) is 11.7 Å². The van der Waals surface area contributed by atoms with Crippen LogP contribution in [-0.2, 0) is 0 Å². The van der Waals surface area contributed by atoms with Gasteiger partial charge in [-0.15, -0.1) is 0 Å². The van der Waals surface area contributed by atoms with Crippen LogP contribution in [0.4, 0.5) is 10.1 Å². The maximum Gasteiger partial charge on any atom is 0.125 e. The van der Waals surface area contributed by atoms with Gasteiger partial charge in [-0.05, 0) is 40.5 Å². The predicted octanol–water partition coefficient (Wildman–Crippen LogP) is 2.41. The molecule has 2 nitrogen and oxygen atoms in total. The van der Waals surface area contributed by atoms with E-state index in [0.717, 1.165) is 29.7 Å². The largest absolute Gasteiger partial charge is 0.396 e. The van der Waals surface area contributed by atoms with Gasteiger partial charge in [0.25, 0.3) is 0 Å². The smallest absolute Gasteiger partial charge is 0.125 e. The molecule has 1 atom stereocenters. The lowest BCUT2D eigenvalue weighted by Gasteiger charge is -2.19. The second kappa shape index (κ2) is 4.49. The molecule has 0 amide bonds. The van der Waals surface area contributed by atoms with Crippen molar-refractivity contribution in [3.8, 4) is 0 Å². The van der Waals surface area contributed by atoms with E-state index in [4.69, 9.17) is 5.11 Å².